The van der Waals surface area contributed by atoms with Gasteiger partial charge in [-0.3, -0.25) is 9.79 Å². The molecule has 2 N–H and O–H groups in total. The molecule has 0 fully saturated rings. The number of anilines is 1. The Balaban J connectivity index is 1.81. The number of hydrogen-bond donors (Lipinski definition) is 2. The molecule has 0 saturated carbocycles. The van der Waals surface area contributed by atoms with Gasteiger partial charge in [0.2, 0.25) is 0 Å². The van der Waals surface area contributed by atoms with Gasteiger partial charge < -0.3 is 15.4 Å². The third kappa shape index (κ3) is 6.63. The Morgan fingerprint density at radius 3 is 2.78 bits per heavy atom. The second-order valence-corrected chi connectivity index (χ2v) is 6.14. The first-order valence-corrected chi connectivity index (χ1v) is 9.16. The molecule has 27 heavy (non-hydrogen) atoms. The van der Waals surface area contributed by atoms with Crippen molar-refractivity contribution in [2.75, 3.05) is 19.1 Å². The van der Waals surface area contributed by atoms with Crippen LogP contribution in [0.3, 0.4) is 0 Å². The van der Waals surface area contributed by atoms with E-state index in [4.69, 9.17) is 0 Å². The fourth-order valence-electron chi connectivity index (χ4n) is 1.96. The first-order valence-electron chi connectivity index (χ1n) is 8.28. The van der Waals surface area contributed by atoms with E-state index in [1.54, 1.807) is 35.9 Å². The quantitative estimate of drug-likeness (QED) is 0.391. The van der Waals surface area contributed by atoms with E-state index in [1.807, 2.05) is 6.92 Å². The molecule has 0 atom stereocenters. The predicted molar refractivity (Wildman–Crippen MR) is 107 cm³/mol. The number of nitrogens with one attached hydrogen (secondary N) is 2. The Morgan fingerprint density at radius 2 is 2.07 bits per heavy atom. The minimum absolute atomic E-state index is 0.271. The van der Waals surface area contributed by atoms with Gasteiger partial charge in [0.1, 0.15) is 18.7 Å². The Hall–Kier alpha value is -3.07. The zero-order chi connectivity index (χ0) is 19.5. The van der Waals surface area contributed by atoms with Crippen molar-refractivity contribution in [3.8, 4) is 0 Å². The van der Waals surface area contributed by atoms with E-state index in [0.717, 1.165) is 12.0 Å². The Morgan fingerprint density at radius 1 is 1.30 bits per heavy atom. The van der Waals surface area contributed by atoms with Crippen molar-refractivity contribution in [2.45, 2.75) is 19.9 Å². The highest BCUT2D eigenvalue weighted by atomic mass is 32.1. The summed E-state index contributed by atoms with van der Waals surface area (Å²) in [6.07, 6.45) is 4.10. The third-order valence-electron chi connectivity index (χ3n) is 3.32. The maximum absolute atomic E-state index is 12.2. The van der Waals surface area contributed by atoms with E-state index in [1.165, 1.54) is 24.8 Å². The van der Waals surface area contributed by atoms with Crippen LogP contribution in [0.4, 0.5) is 5.13 Å². The van der Waals surface area contributed by atoms with Crippen LogP contribution >= 0.6 is 11.3 Å². The topological polar surface area (TPSA) is 105 Å². The van der Waals surface area contributed by atoms with E-state index in [9.17, 15) is 9.59 Å². The average Bonchev–Trinajstić information content (AvgIpc) is 3.17. The Labute approximate surface area is 161 Å². The van der Waals surface area contributed by atoms with Gasteiger partial charge in [0, 0.05) is 18.1 Å². The van der Waals surface area contributed by atoms with Gasteiger partial charge >= 0.3 is 5.97 Å². The number of ether oxygens (including phenoxy) is 1. The molecule has 0 aliphatic carbocycles. The van der Waals surface area contributed by atoms with Gasteiger partial charge in [-0.2, -0.15) is 0 Å². The molecule has 142 valence electrons. The zero-order valence-corrected chi connectivity index (χ0v) is 16.0. The lowest BCUT2D eigenvalue weighted by Crippen LogP contribution is -2.23. The van der Waals surface area contributed by atoms with Crippen molar-refractivity contribution >= 4 is 40.9 Å². The molecule has 0 saturated heterocycles. The summed E-state index contributed by atoms with van der Waals surface area (Å²) < 4.78 is 4.65. The molecule has 1 heterocycles. The zero-order valence-electron chi connectivity index (χ0n) is 15.1. The number of nitrogens with zero attached hydrogens (tertiary/aromatic N) is 3. The standard InChI is InChI=1S/C18H21N5O3S/c1-3-8-19-11-20-12-22-18-23-15(10-27-18)16(24)21-9-13-4-6-14(7-5-13)17(25)26-2/h4-8,10-11H,3,9,12H2,1-2H3,(H,21,24)(H,22,23). The van der Waals surface area contributed by atoms with E-state index in [2.05, 4.69) is 30.3 Å². The number of esters is 1. The summed E-state index contributed by atoms with van der Waals surface area (Å²) in [4.78, 5) is 35.8. The monoisotopic (exact) mass is 387 g/mol. The number of amides is 1. The van der Waals surface area contributed by atoms with E-state index in [-0.39, 0.29) is 5.91 Å². The molecule has 0 spiro atoms. The fraction of sp³-hybridized carbons (Fsp3) is 0.278. The number of aromatic nitrogens is 1. The van der Waals surface area contributed by atoms with Gasteiger partial charge in [0.05, 0.1) is 12.7 Å². The first kappa shape index (κ1) is 20.2. The molecule has 2 rings (SSSR count). The van der Waals surface area contributed by atoms with Crippen LogP contribution in [-0.2, 0) is 11.3 Å². The average molecular weight is 387 g/mol. The van der Waals surface area contributed by atoms with Crippen LogP contribution in [-0.4, -0.2) is 43.2 Å². The second-order valence-electron chi connectivity index (χ2n) is 5.28. The summed E-state index contributed by atoms with van der Waals surface area (Å²) in [6.45, 7) is 2.66. The van der Waals surface area contributed by atoms with Crippen LogP contribution in [0.5, 0.6) is 0 Å². The van der Waals surface area contributed by atoms with Crippen molar-refractivity contribution in [3.63, 3.8) is 0 Å². The van der Waals surface area contributed by atoms with Crippen LogP contribution in [0.1, 0.15) is 39.8 Å². The van der Waals surface area contributed by atoms with Gasteiger partial charge in [-0.15, -0.1) is 11.3 Å². The van der Waals surface area contributed by atoms with Crippen LogP contribution in [0.25, 0.3) is 0 Å². The summed E-state index contributed by atoms with van der Waals surface area (Å²) in [5.74, 6) is -0.665. The third-order valence-corrected chi connectivity index (χ3v) is 4.12. The molecule has 0 radical (unpaired) electrons. The van der Waals surface area contributed by atoms with Gasteiger partial charge in [0.15, 0.2) is 5.13 Å². The lowest BCUT2D eigenvalue weighted by Gasteiger charge is -2.05. The molecule has 0 aliphatic rings. The molecule has 0 aliphatic heterocycles. The lowest BCUT2D eigenvalue weighted by molar-refractivity contribution is 0.0600. The predicted octanol–water partition coefficient (Wildman–Crippen LogP) is 2.74. The number of carbonyl (C=O) groups is 2. The van der Waals surface area contributed by atoms with Gasteiger partial charge in [-0.25, -0.2) is 14.8 Å². The lowest BCUT2D eigenvalue weighted by atomic mass is 10.1. The second kappa shape index (κ2) is 10.8. The summed E-state index contributed by atoms with van der Waals surface area (Å²) in [5, 5.41) is 8.09. The molecule has 1 amide bonds. The summed E-state index contributed by atoms with van der Waals surface area (Å²) in [5.41, 5.74) is 1.67. The molecule has 8 nitrogen and oxygen atoms in total. The SMILES string of the molecule is CCC=NC=NCNc1nc(C(=O)NCc2ccc(C(=O)OC)cc2)cs1. The molecular weight excluding hydrogens is 366 g/mol. The first-order chi connectivity index (χ1) is 13.1. The molecule has 1 aromatic heterocycles. The number of rotatable bonds is 9. The van der Waals surface area contributed by atoms with Crippen LogP contribution < -0.4 is 10.6 Å². The highest BCUT2D eigenvalue weighted by molar-refractivity contribution is 7.13. The normalized spacial score (nSPS) is 11.0. The van der Waals surface area contributed by atoms with Crippen molar-refractivity contribution in [1.29, 1.82) is 0 Å². The molecule has 9 heteroatoms. The van der Waals surface area contributed by atoms with E-state index in [0.29, 0.717) is 29.6 Å². The molecular formula is C18H21N5O3S. The highest BCUT2D eigenvalue weighted by Gasteiger charge is 2.10. The number of benzene rings is 1. The van der Waals surface area contributed by atoms with Crippen molar-refractivity contribution in [1.82, 2.24) is 10.3 Å². The summed E-state index contributed by atoms with van der Waals surface area (Å²) in [6, 6.07) is 6.84. The highest BCUT2D eigenvalue weighted by Crippen LogP contribution is 2.15. The molecule has 0 unspecified atom stereocenters. The van der Waals surface area contributed by atoms with E-state index < -0.39 is 5.97 Å². The fourth-order valence-corrected chi connectivity index (χ4v) is 2.64. The maximum atomic E-state index is 12.2. The van der Waals surface area contributed by atoms with Crippen LogP contribution in [0, 0.1) is 0 Å². The smallest absolute Gasteiger partial charge is 0.337 e. The summed E-state index contributed by atoms with van der Waals surface area (Å²) >= 11 is 1.33. The summed E-state index contributed by atoms with van der Waals surface area (Å²) in [7, 11) is 1.33. The molecule has 0 bridgehead atoms. The number of methoxy groups -OCH3 is 1. The van der Waals surface area contributed by atoms with Crippen LogP contribution in [0.2, 0.25) is 0 Å². The largest absolute Gasteiger partial charge is 0.465 e. The van der Waals surface area contributed by atoms with Gasteiger partial charge in [-0.1, -0.05) is 19.1 Å². The maximum Gasteiger partial charge on any atom is 0.337 e. The minimum atomic E-state index is -0.394. The molecule has 1 aromatic carbocycles. The minimum Gasteiger partial charge on any atom is -0.465 e. The molecule has 2 aromatic rings. The van der Waals surface area contributed by atoms with Crippen LogP contribution in [0.15, 0.2) is 39.6 Å². The Bertz CT molecular complexity index is 815. The van der Waals surface area contributed by atoms with Gasteiger partial charge in [0.25, 0.3) is 5.91 Å². The van der Waals surface area contributed by atoms with Crippen molar-refractivity contribution in [3.05, 3.63) is 46.5 Å². The van der Waals surface area contributed by atoms with Gasteiger partial charge in [-0.05, 0) is 24.1 Å². The van der Waals surface area contributed by atoms with Crippen molar-refractivity contribution in [2.24, 2.45) is 9.98 Å². The van der Waals surface area contributed by atoms with E-state index >= 15 is 0 Å². The number of thiazole rings is 1. The number of carbonyl (C=O) groups excluding carboxylic acids is 2. The number of hydrogen-bond acceptors (Lipinski definition) is 7. The van der Waals surface area contributed by atoms with Crippen molar-refractivity contribution < 1.29 is 14.3 Å². The number of aliphatic imine (C=N–C) groups is 2. The Kier molecular flexibility index (Phi) is 8.11.